The van der Waals surface area contributed by atoms with E-state index < -0.39 is 6.09 Å². The molecular formula is C9H13N3O3Se. The first kappa shape index (κ1) is 12.7. The molecule has 6 nitrogen and oxygen atoms in total. The summed E-state index contributed by atoms with van der Waals surface area (Å²) >= 11 is 2.43. The average Bonchev–Trinajstić information content (AvgIpc) is 2.27. The number of methoxy groups -OCH3 is 1. The van der Waals surface area contributed by atoms with Crippen molar-refractivity contribution in [1.29, 1.82) is 0 Å². The van der Waals surface area contributed by atoms with Gasteiger partial charge in [0.05, 0.1) is 0 Å². The molecule has 16 heavy (non-hydrogen) atoms. The Hall–Kier alpha value is -1.33. The number of aromatic nitrogens is 2. The summed E-state index contributed by atoms with van der Waals surface area (Å²) in [5.74, 6) is 0.464. The summed E-state index contributed by atoms with van der Waals surface area (Å²) in [6, 6.07) is 1.68. The van der Waals surface area contributed by atoms with E-state index in [0.717, 1.165) is 10.6 Å². The standard InChI is InChI=1S/C9H13N3O3Se/c1-5(16)6-4-7(15-3)11-8(10-6)12(2)9(13)14/h4-5,16H,1-3H3,(H,13,14). The second-order valence-electron chi connectivity index (χ2n) is 3.15. The molecule has 1 rings (SSSR count). The molecule has 1 atom stereocenters. The predicted molar refractivity (Wildman–Crippen MR) is 60.6 cm³/mol. The normalized spacial score (nSPS) is 12.0. The van der Waals surface area contributed by atoms with Gasteiger partial charge in [-0.05, 0) is 0 Å². The van der Waals surface area contributed by atoms with Crippen molar-refractivity contribution in [2.75, 3.05) is 19.1 Å². The third-order valence-corrected chi connectivity index (χ3v) is 2.49. The second kappa shape index (κ2) is 5.14. The van der Waals surface area contributed by atoms with E-state index in [1.165, 1.54) is 14.2 Å². The van der Waals surface area contributed by atoms with Gasteiger partial charge in [0.25, 0.3) is 0 Å². The van der Waals surface area contributed by atoms with Crippen LogP contribution in [0.5, 0.6) is 5.88 Å². The molecule has 0 aromatic carbocycles. The summed E-state index contributed by atoms with van der Waals surface area (Å²) in [6.07, 6.45) is -1.11. The zero-order valence-corrected chi connectivity index (χ0v) is 11.1. The summed E-state index contributed by atoms with van der Waals surface area (Å²) in [4.78, 5) is 19.9. The minimum atomic E-state index is -1.11. The molecule has 0 aliphatic rings. The fraction of sp³-hybridized carbons (Fsp3) is 0.444. The van der Waals surface area contributed by atoms with Crippen LogP contribution < -0.4 is 9.64 Å². The van der Waals surface area contributed by atoms with Crippen LogP contribution in [0.2, 0.25) is 0 Å². The summed E-state index contributed by atoms with van der Waals surface area (Å²) in [6.45, 7) is 1.94. The fourth-order valence-corrected chi connectivity index (χ4v) is 1.26. The van der Waals surface area contributed by atoms with Crippen molar-refractivity contribution >= 4 is 28.1 Å². The minimum absolute atomic E-state index is 0.111. The first-order valence-electron chi connectivity index (χ1n) is 4.53. The first-order chi connectivity index (χ1) is 7.45. The molecule has 0 radical (unpaired) electrons. The molecule has 0 saturated carbocycles. The van der Waals surface area contributed by atoms with Gasteiger partial charge in [-0.25, -0.2) is 0 Å². The van der Waals surface area contributed by atoms with Gasteiger partial charge in [0.15, 0.2) is 0 Å². The van der Waals surface area contributed by atoms with Crippen molar-refractivity contribution in [1.82, 2.24) is 9.97 Å². The van der Waals surface area contributed by atoms with Crippen molar-refractivity contribution in [3.05, 3.63) is 11.8 Å². The Kier molecular flexibility index (Phi) is 4.09. The number of carbonyl (C=O) groups is 1. The van der Waals surface area contributed by atoms with E-state index in [1.54, 1.807) is 6.07 Å². The fourth-order valence-electron chi connectivity index (χ4n) is 0.984. The molecule has 0 fully saturated rings. The van der Waals surface area contributed by atoms with Gasteiger partial charge >= 0.3 is 101 Å². The summed E-state index contributed by atoms with van der Waals surface area (Å²) in [7, 11) is 2.86. The van der Waals surface area contributed by atoms with Gasteiger partial charge < -0.3 is 0 Å². The van der Waals surface area contributed by atoms with E-state index in [4.69, 9.17) is 9.84 Å². The molecule has 1 N–H and O–H groups in total. The van der Waals surface area contributed by atoms with Gasteiger partial charge in [-0.15, -0.1) is 0 Å². The van der Waals surface area contributed by atoms with Crippen molar-refractivity contribution < 1.29 is 14.6 Å². The Morgan fingerprint density at radius 1 is 1.62 bits per heavy atom. The van der Waals surface area contributed by atoms with Crippen LogP contribution in [-0.2, 0) is 0 Å². The molecule has 88 valence electrons. The van der Waals surface area contributed by atoms with E-state index in [2.05, 4.69) is 26.0 Å². The zero-order valence-electron chi connectivity index (χ0n) is 9.21. The second-order valence-corrected chi connectivity index (χ2v) is 4.78. The third kappa shape index (κ3) is 2.83. The van der Waals surface area contributed by atoms with Crippen LogP contribution in [0.3, 0.4) is 0 Å². The zero-order chi connectivity index (χ0) is 12.3. The quantitative estimate of drug-likeness (QED) is 0.823. The summed E-state index contributed by atoms with van der Waals surface area (Å²) in [5, 5.41) is 8.83. The van der Waals surface area contributed by atoms with Crippen LogP contribution in [0, 0.1) is 0 Å². The number of carboxylic acid groups (broad SMARTS) is 1. The van der Waals surface area contributed by atoms with E-state index in [0.29, 0.717) is 5.88 Å². The van der Waals surface area contributed by atoms with Crippen molar-refractivity contribution in [2.24, 2.45) is 0 Å². The van der Waals surface area contributed by atoms with Gasteiger partial charge in [0.1, 0.15) is 0 Å². The number of hydrogen-bond acceptors (Lipinski definition) is 4. The molecule has 1 unspecified atom stereocenters. The average molecular weight is 290 g/mol. The van der Waals surface area contributed by atoms with Crippen LogP contribution in [0.25, 0.3) is 0 Å². The Morgan fingerprint density at radius 2 is 2.25 bits per heavy atom. The molecule has 1 aromatic heterocycles. The molecule has 1 heterocycles. The molecule has 1 aromatic rings. The van der Waals surface area contributed by atoms with E-state index in [9.17, 15) is 4.79 Å². The molecular weight excluding hydrogens is 277 g/mol. The molecule has 7 heteroatoms. The molecule has 0 aliphatic carbocycles. The van der Waals surface area contributed by atoms with Gasteiger partial charge in [-0.3, -0.25) is 0 Å². The SMILES string of the molecule is COc1cc(C(C)[SeH])nc(N(C)C(=O)O)n1. The number of anilines is 1. The van der Waals surface area contributed by atoms with E-state index >= 15 is 0 Å². The number of nitrogens with zero attached hydrogens (tertiary/aromatic N) is 3. The van der Waals surface area contributed by atoms with Gasteiger partial charge in [-0.2, -0.15) is 0 Å². The predicted octanol–water partition coefficient (Wildman–Crippen LogP) is 0.561. The Balaban J connectivity index is 3.18. The molecule has 0 saturated heterocycles. The van der Waals surface area contributed by atoms with Crippen molar-refractivity contribution in [2.45, 2.75) is 11.7 Å². The Morgan fingerprint density at radius 3 is 2.69 bits per heavy atom. The summed E-state index contributed by atoms with van der Waals surface area (Å²) < 4.78 is 5.00. The van der Waals surface area contributed by atoms with Crippen LogP contribution in [0.15, 0.2) is 6.07 Å². The Labute approximate surface area is 101 Å². The third-order valence-electron chi connectivity index (χ3n) is 1.93. The number of hydrogen-bond donors (Lipinski definition) is 1. The maximum atomic E-state index is 10.8. The van der Waals surface area contributed by atoms with Crippen molar-refractivity contribution in [3.8, 4) is 5.88 Å². The maximum absolute atomic E-state index is 10.8. The van der Waals surface area contributed by atoms with E-state index in [-0.39, 0.29) is 10.8 Å². The number of amides is 1. The number of ether oxygens (including phenoxy) is 1. The summed E-state index contributed by atoms with van der Waals surface area (Å²) in [5.41, 5.74) is 0.718. The molecule has 0 aliphatic heterocycles. The number of rotatable bonds is 3. The van der Waals surface area contributed by atoms with Gasteiger partial charge in [-0.1, -0.05) is 0 Å². The molecule has 0 spiro atoms. The van der Waals surface area contributed by atoms with Gasteiger partial charge in [0, 0.05) is 0 Å². The topological polar surface area (TPSA) is 75.5 Å². The van der Waals surface area contributed by atoms with Crippen LogP contribution in [0.4, 0.5) is 10.7 Å². The van der Waals surface area contributed by atoms with Crippen LogP contribution in [0.1, 0.15) is 17.4 Å². The Bertz CT molecular complexity index is 398. The van der Waals surface area contributed by atoms with Crippen molar-refractivity contribution in [3.63, 3.8) is 0 Å². The monoisotopic (exact) mass is 291 g/mol. The van der Waals surface area contributed by atoms with Crippen LogP contribution in [-0.4, -0.2) is 51.3 Å². The first-order valence-corrected chi connectivity index (χ1v) is 5.61. The van der Waals surface area contributed by atoms with Crippen LogP contribution >= 0.6 is 0 Å². The molecule has 1 amide bonds. The van der Waals surface area contributed by atoms with Gasteiger partial charge in [0.2, 0.25) is 0 Å². The molecule has 0 bridgehead atoms. The van der Waals surface area contributed by atoms with E-state index in [1.807, 2.05) is 6.92 Å².